The molecule has 1 saturated heterocycles. The predicted molar refractivity (Wildman–Crippen MR) is 105 cm³/mol. The molecule has 1 N–H and O–H groups in total. The van der Waals surface area contributed by atoms with Gasteiger partial charge >= 0.3 is 0 Å². The molecule has 142 valence electrons. The third-order valence-corrected chi connectivity index (χ3v) is 6.78. The summed E-state index contributed by atoms with van der Waals surface area (Å²) in [6.45, 7) is 6.16. The minimum Gasteiger partial charge on any atom is -0.493 e. The molecule has 0 amide bonds. The van der Waals surface area contributed by atoms with Gasteiger partial charge in [-0.05, 0) is 49.9 Å². The average molecular weight is 396 g/mol. The summed E-state index contributed by atoms with van der Waals surface area (Å²) in [6, 6.07) is 4.99. The molecule has 1 aromatic heterocycles. The first kappa shape index (κ1) is 19.1. The number of rotatable bonds is 7. The van der Waals surface area contributed by atoms with Gasteiger partial charge in [-0.15, -0.1) is 11.3 Å². The van der Waals surface area contributed by atoms with E-state index in [0.29, 0.717) is 11.5 Å². The summed E-state index contributed by atoms with van der Waals surface area (Å²) in [4.78, 5) is 6.82. The monoisotopic (exact) mass is 395 g/mol. The van der Waals surface area contributed by atoms with Crippen molar-refractivity contribution in [2.75, 3.05) is 24.6 Å². The number of anilines is 1. The van der Waals surface area contributed by atoms with Crippen molar-refractivity contribution in [2.24, 2.45) is 0 Å². The zero-order chi connectivity index (χ0) is 18.6. The topological polar surface area (TPSA) is 71.5 Å². The third-order valence-electron chi connectivity index (χ3n) is 4.42. The summed E-state index contributed by atoms with van der Waals surface area (Å²) in [5.41, 5.74) is 0.833. The number of benzene rings is 1. The van der Waals surface area contributed by atoms with Gasteiger partial charge in [-0.1, -0.05) is 6.92 Å². The van der Waals surface area contributed by atoms with E-state index in [1.54, 1.807) is 35.7 Å². The van der Waals surface area contributed by atoms with Crippen molar-refractivity contribution in [2.45, 2.75) is 44.0 Å². The summed E-state index contributed by atoms with van der Waals surface area (Å²) in [6.07, 6.45) is 4.26. The van der Waals surface area contributed by atoms with Crippen molar-refractivity contribution in [1.82, 2.24) is 9.71 Å². The van der Waals surface area contributed by atoms with Crippen LogP contribution in [0.1, 0.15) is 31.7 Å². The van der Waals surface area contributed by atoms with E-state index >= 15 is 0 Å². The van der Waals surface area contributed by atoms with Gasteiger partial charge in [0.15, 0.2) is 5.13 Å². The molecule has 26 heavy (non-hydrogen) atoms. The summed E-state index contributed by atoms with van der Waals surface area (Å²) < 4.78 is 33.9. The van der Waals surface area contributed by atoms with Gasteiger partial charge in [0, 0.05) is 30.7 Å². The zero-order valence-corrected chi connectivity index (χ0v) is 16.8. The lowest BCUT2D eigenvalue weighted by Gasteiger charge is -2.32. The first-order chi connectivity index (χ1) is 12.5. The molecule has 0 saturated carbocycles. The molecule has 1 fully saturated rings. The van der Waals surface area contributed by atoms with Gasteiger partial charge in [-0.2, -0.15) is 0 Å². The molecule has 0 radical (unpaired) electrons. The standard InChI is InChI=1S/C18H25N3O3S2/c1-3-11-24-17-5-4-16(13-14(17)2)26(22,23)20-15-6-9-21(10-7-15)18-19-8-12-25-18/h4-5,8,12-13,15,20H,3,6-7,9-11H2,1-2H3. The number of aromatic nitrogens is 1. The summed E-state index contributed by atoms with van der Waals surface area (Å²) in [5.74, 6) is 0.738. The molecule has 0 aliphatic carbocycles. The maximum atomic E-state index is 12.7. The van der Waals surface area contributed by atoms with Crippen LogP contribution in [0.4, 0.5) is 5.13 Å². The fraction of sp³-hybridized carbons (Fsp3) is 0.500. The highest BCUT2D eigenvalue weighted by molar-refractivity contribution is 7.89. The molecule has 1 aliphatic heterocycles. The number of ether oxygens (including phenoxy) is 1. The maximum Gasteiger partial charge on any atom is 0.240 e. The molecule has 0 atom stereocenters. The molecule has 8 heteroatoms. The van der Waals surface area contributed by atoms with Crippen LogP contribution in [0.25, 0.3) is 0 Å². The van der Waals surface area contributed by atoms with Crippen molar-refractivity contribution in [1.29, 1.82) is 0 Å². The fourth-order valence-electron chi connectivity index (χ4n) is 3.01. The van der Waals surface area contributed by atoms with Crippen LogP contribution >= 0.6 is 11.3 Å². The number of sulfonamides is 1. The normalized spacial score (nSPS) is 16.0. The van der Waals surface area contributed by atoms with Crippen LogP contribution in [-0.2, 0) is 10.0 Å². The van der Waals surface area contributed by atoms with E-state index < -0.39 is 10.0 Å². The molecule has 0 unspecified atom stereocenters. The van der Waals surface area contributed by atoms with Gasteiger partial charge in [0.1, 0.15) is 5.75 Å². The molecule has 2 aromatic rings. The number of hydrogen-bond acceptors (Lipinski definition) is 6. The Morgan fingerprint density at radius 3 is 2.73 bits per heavy atom. The lowest BCUT2D eigenvalue weighted by Crippen LogP contribution is -2.44. The maximum absolute atomic E-state index is 12.7. The van der Waals surface area contributed by atoms with Gasteiger partial charge in [0.25, 0.3) is 0 Å². The highest BCUT2D eigenvalue weighted by Gasteiger charge is 2.25. The van der Waals surface area contributed by atoms with Crippen molar-refractivity contribution >= 4 is 26.5 Å². The first-order valence-electron chi connectivity index (χ1n) is 8.90. The second-order valence-corrected chi connectivity index (χ2v) is 9.06. The number of nitrogens with zero attached hydrogens (tertiary/aromatic N) is 2. The van der Waals surface area contributed by atoms with Crippen LogP contribution in [0.15, 0.2) is 34.7 Å². The smallest absolute Gasteiger partial charge is 0.240 e. The Kier molecular flexibility index (Phi) is 6.16. The molecule has 1 aliphatic rings. The molecule has 1 aromatic carbocycles. The number of hydrogen-bond donors (Lipinski definition) is 1. The van der Waals surface area contributed by atoms with E-state index in [1.807, 2.05) is 19.2 Å². The fourth-order valence-corrected chi connectivity index (χ4v) is 5.10. The van der Waals surface area contributed by atoms with Crippen molar-refractivity contribution < 1.29 is 13.2 Å². The molecular formula is C18H25N3O3S2. The molecule has 2 heterocycles. The van der Waals surface area contributed by atoms with Crippen molar-refractivity contribution in [3.05, 3.63) is 35.3 Å². The van der Waals surface area contributed by atoms with Crippen molar-refractivity contribution in [3.63, 3.8) is 0 Å². The highest BCUT2D eigenvalue weighted by Crippen LogP contribution is 2.25. The van der Waals surface area contributed by atoms with E-state index in [4.69, 9.17) is 4.74 Å². The van der Waals surface area contributed by atoms with Crippen LogP contribution in [-0.4, -0.2) is 39.1 Å². The lowest BCUT2D eigenvalue weighted by atomic mass is 10.1. The second kappa shape index (κ2) is 8.37. The Balaban J connectivity index is 1.61. The quantitative estimate of drug-likeness (QED) is 0.780. The molecular weight excluding hydrogens is 370 g/mol. The second-order valence-electron chi connectivity index (χ2n) is 6.47. The Hall–Kier alpha value is -1.64. The van der Waals surface area contributed by atoms with Crippen LogP contribution < -0.4 is 14.4 Å². The minimum absolute atomic E-state index is 0.0486. The van der Waals surface area contributed by atoms with Gasteiger partial charge in [0.2, 0.25) is 10.0 Å². The number of aryl methyl sites for hydroxylation is 1. The SMILES string of the molecule is CCCOc1ccc(S(=O)(=O)NC2CCN(c3nccs3)CC2)cc1C. The average Bonchev–Trinajstić information content (AvgIpc) is 3.15. The van der Waals surface area contributed by atoms with E-state index in [2.05, 4.69) is 14.6 Å². The zero-order valence-electron chi connectivity index (χ0n) is 15.1. The summed E-state index contributed by atoms with van der Waals surface area (Å²) >= 11 is 1.61. The summed E-state index contributed by atoms with van der Waals surface area (Å²) in [5, 5.41) is 2.96. The molecule has 6 nitrogen and oxygen atoms in total. The van der Waals surface area contributed by atoms with Crippen LogP contribution in [0.3, 0.4) is 0 Å². The van der Waals surface area contributed by atoms with Crippen molar-refractivity contribution in [3.8, 4) is 5.75 Å². The predicted octanol–water partition coefficient (Wildman–Crippen LogP) is 3.19. The van der Waals surface area contributed by atoms with E-state index in [0.717, 1.165) is 48.8 Å². The van der Waals surface area contributed by atoms with Gasteiger partial charge in [-0.3, -0.25) is 0 Å². The van der Waals surface area contributed by atoms with Gasteiger partial charge in [-0.25, -0.2) is 18.1 Å². The van der Waals surface area contributed by atoms with E-state index in [1.165, 1.54) is 0 Å². The molecule has 0 spiro atoms. The van der Waals surface area contributed by atoms with Gasteiger partial charge in [0.05, 0.1) is 11.5 Å². The minimum atomic E-state index is -3.53. The third kappa shape index (κ3) is 4.55. The number of piperidine rings is 1. The number of thiazole rings is 1. The largest absolute Gasteiger partial charge is 0.493 e. The summed E-state index contributed by atoms with van der Waals surface area (Å²) in [7, 11) is -3.53. The Morgan fingerprint density at radius 1 is 1.35 bits per heavy atom. The Morgan fingerprint density at radius 2 is 2.12 bits per heavy atom. The molecule has 3 rings (SSSR count). The van der Waals surface area contributed by atoms with Crippen LogP contribution in [0.2, 0.25) is 0 Å². The Bertz CT molecular complexity index is 814. The van der Waals surface area contributed by atoms with Crippen LogP contribution in [0.5, 0.6) is 5.75 Å². The lowest BCUT2D eigenvalue weighted by molar-refractivity contribution is 0.315. The number of nitrogens with one attached hydrogen (secondary N) is 1. The Labute approximate surface area is 159 Å². The first-order valence-corrected chi connectivity index (χ1v) is 11.3. The van der Waals surface area contributed by atoms with Crippen LogP contribution in [0, 0.1) is 6.92 Å². The van der Waals surface area contributed by atoms with E-state index in [-0.39, 0.29) is 6.04 Å². The molecule has 0 bridgehead atoms. The van der Waals surface area contributed by atoms with Gasteiger partial charge < -0.3 is 9.64 Å². The highest BCUT2D eigenvalue weighted by atomic mass is 32.2. The van der Waals surface area contributed by atoms with E-state index in [9.17, 15) is 8.42 Å².